The Bertz CT molecular complexity index is 668. The first-order valence-corrected chi connectivity index (χ1v) is 8.00. The van der Waals surface area contributed by atoms with Crippen molar-refractivity contribution in [2.24, 2.45) is 0 Å². The molecule has 0 unspecified atom stereocenters. The Balaban J connectivity index is 1.54. The van der Waals surface area contributed by atoms with Gasteiger partial charge in [0.2, 0.25) is 0 Å². The molecule has 1 aliphatic heterocycles. The highest BCUT2D eigenvalue weighted by molar-refractivity contribution is 6.30. The molecule has 2 aromatic rings. The molecule has 0 bridgehead atoms. The van der Waals surface area contributed by atoms with E-state index >= 15 is 0 Å². The molecule has 1 aromatic heterocycles. The van der Waals surface area contributed by atoms with E-state index in [9.17, 15) is 4.79 Å². The third-order valence-corrected chi connectivity index (χ3v) is 4.00. The zero-order valence-corrected chi connectivity index (χ0v) is 13.5. The van der Waals surface area contributed by atoms with Crippen molar-refractivity contribution in [3.8, 4) is 11.3 Å². The molecule has 1 saturated heterocycles. The Hall–Kier alpha value is -1.89. The molecule has 0 atom stereocenters. The number of rotatable bonds is 5. The number of aromatic amines is 1. The molecule has 1 fully saturated rings. The summed E-state index contributed by atoms with van der Waals surface area (Å²) in [6.45, 7) is 4.78. The van der Waals surface area contributed by atoms with Crippen LogP contribution in [0.1, 0.15) is 10.5 Å². The predicted molar refractivity (Wildman–Crippen MR) is 88.6 cm³/mol. The summed E-state index contributed by atoms with van der Waals surface area (Å²) in [4.78, 5) is 14.4. The number of carbonyl (C=O) groups excluding carboxylic acids is 1. The van der Waals surface area contributed by atoms with Gasteiger partial charge in [0.25, 0.3) is 5.91 Å². The number of nitrogens with one attached hydrogen (secondary N) is 2. The quantitative estimate of drug-likeness (QED) is 0.874. The number of morpholine rings is 1. The SMILES string of the molecule is O=C(NCCN1CCOCC1)c1cc(-c2cccc(Cl)c2)n[nH]1. The molecule has 2 N–H and O–H groups in total. The average Bonchev–Trinajstić information content (AvgIpc) is 3.06. The van der Waals surface area contributed by atoms with Gasteiger partial charge in [-0.1, -0.05) is 23.7 Å². The summed E-state index contributed by atoms with van der Waals surface area (Å²) in [7, 11) is 0. The van der Waals surface area contributed by atoms with Gasteiger partial charge in [-0.2, -0.15) is 5.10 Å². The number of benzene rings is 1. The van der Waals surface area contributed by atoms with Crippen LogP contribution in [0.4, 0.5) is 0 Å². The summed E-state index contributed by atoms with van der Waals surface area (Å²) < 4.78 is 5.30. The number of carbonyl (C=O) groups is 1. The highest BCUT2D eigenvalue weighted by Crippen LogP contribution is 2.21. The molecule has 0 aliphatic carbocycles. The number of ether oxygens (including phenoxy) is 1. The van der Waals surface area contributed by atoms with E-state index in [-0.39, 0.29) is 5.91 Å². The molecule has 122 valence electrons. The van der Waals surface area contributed by atoms with E-state index in [1.165, 1.54) is 0 Å². The molecule has 1 aliphatic rings. The lowest BCUT2D eigenvalue weighted by Crippen LogP contribution is -2.41. The lowest BCUT2D eigenvalue weighted by atomic mass is 10.1. The van der Waals surface area contributed by atoms with Gasteiger partial charge in [-0.3, -0.25) is 14.8 Å². The zero-order valence-electron chi connectivity index (χ0n) is 12.7. The van der Waals surface area contributed by atoms with E-state index in [0.29, 0.717) is 23.0 Å². The van der Waals surface area contributed by atoms with Crippen LogP contribution in [0, 0.1) is 0 Å². The maximum atomic E-state index is 12.1. The molecular formula is C16H19ClN4O2. The summed E-state index contributed by atoms with van der Waals surface area (Å²) >= 11 is 5.98. The summed E-state index contributed by atoms with van der Waals surface area (Å²) in [6, 6.07) is 9.11. The van der Waals surface area contributed by atoms with Crippen molar-refractivity contribution < 1.29 is 9.53 Å². The molecule has 2 heterocycles. The molecular weight excluding hydrogens is 316 g/mol. The minimum absolute atomic E-state index is 0.154. The highest BCUT2D eigenvalue weighted by atomic mass is 35.5. The van der Waals surface area contributed by atoms with Crippen molar-refractivity contribution in [3.05, 3.63) is 41.0 Å². The van der Waals surface area contributed by atoms with Crippen molar-refractivity contribution in [1.82, 2.24) is 20.4 Å². The van der Waals surface area contributed by atoms with Gasteiger partial charge in [-0.05, 0) is 18.2 Å². The molecule has 1 amide bonds. The third-order valence-electron chi connectivity index (χ3n) is 3.76. The largest absolute Gasteiger partial charge is 0.379 e. The van der Waals surface area contributed by atoms with E-state index in [0.717, 1.165) is 38.4 Å². The van der Waals surface area contributed by atoms with E-state index in [2.05, 4.69) is 20.4 Å². The monoisotopic (exact) mass is 334 g/mol. The number of H-pyrrole nitrogens is 1. The zero-order chi connectivity index (χ0) is 16.1. The Labute approximate surface area is 139 Å². The normalized spacial score (nSPS) is 15.5. The van der Waals surface area contributed by atoms with E-state index in [1.807, 2.05) is 18.2 Å². The molecule has 7 heteroatoms. The van der Waals surface area contributed by atoms with Gasteiger partial charge in [-0.15, -0.1) is 0 Å². The van der Waals surface area contributed by atoms with E-state index in [1.54, 1.807) is 12.1 Å². The van der Waals surface area contributed by atoms with Crippen LogP contribution in [0.3, 0.4) is 0 Å². The second kappa shape index (κ2) is 7.59. The van der Waals surface area contributed by atoms with E-state index < -0.39 is 0 Å². The number of aromatic nitrogens is 2. The lowest BCUT2D eigenvalue weighted by Gasteiger charge is -2.26. The summed E-state index contributed by atoms with van der Waals surface area (Å²) in [5.41, 5.74) is 2.02. The third kappa shape index (κ3) is 4.31. The fraction of sp³-hybridized carbons (Fsp3) is 0.375. The number of hydrogen-bond acceptors (Lipinski definition) is 4. The maximum absolute atomic E-state index is 12.1. The fourth-order valence-electron chi connectivity index (χ4n) is 2.48. The maximum Gasteiger partial charge on any atom is 0.269 e. The van der Waals surface area contributed by atoms with Gasteiger partial charge >= 0.3 is 0 Å². The second-order valence-corrected chi connectivity index (χ2v) is 5.82. The van der Waals surface area contributed by atoms with Crippen LogP contribution in [0.15, 0.2) is 30.3 Å². The second-order valence-electron chi connectivity index (χ2n) is 5.39. The standard InChI is InChI=1S/C16H19ClN4O2/c17-13-3-1-2-12(10-13)14-11-15(20-19-14)16(22)18-4-5-21-6-8-23-9-7-21/h1-3,10-11H,4-9H2,(H,18,22)(H,19,20). The van der Waals surface area contributed by atoms with Gasteiger partial charge in [0.15, 0.2) is 0 Å². The number of amides is 1. The van der Waals surface area contributed by atoms with Crippen molar-refractivity contribution in [2.45, 2.75) is 0 Å². The minimum atomic E-state index is -0.154. The molecule has 23 heavy (non-hydrogen) atoms. The topological polar surface area (TPSA) is 70.2 Å². The molecule has 0 spiro atoms. The van der Waals surface area contributed by atoms with Crippen LogP contribution in [0.2, 0.25) is 5.02 Å². The number of halogens is 1. The Morgan fingerprint density at radius 2 is 2.17 bits per heavy atom. The minimum Gasteiger partial charge on any atom is -0.379 e. The Kier molecular flexibility index (Phi) is 5.27. The first-order valence-electron chi connectivity index (χ1n) is 7.62. The van der Waals surface area contributed by atoms with Gasteiger partial charge in [-0.25, -0.2) is 0 Å². The van der Waals surface area contributed by atoms with Crippen LogP contribution in [0.5, 0.6) is 0 Å². The summed E-state index contributed by atoms with van der Waals surface area (Å²) in [5.74, 6) is -0.154. The average molecular weight is 335 g/mol. The predicted octanol–water partition coefficient (Wildman–Crippen LogP) is 1.79. The summed E-state index contributed by atoms with van der Waals surface area (Å²) in [5, 5.41) is 10.5. The first-order chi connectivity index (χ1) is 11.2. The number of hydrogen-bond donors (Lipinski definition) is 2. The molecule has 6 nitrogen and oxygen atoms in total. The van der Waals surface area contributed by atoms with Crippen molar-refractivity contribution in [1.29, 1.82) is 0 Å². The van der Waals surface area contributed by atoms with Crippen LogP contribution in [-0.4, -0.2) is 60.4 Å². The van der Waals surface area contributed by atoms with Crippen LogP contribution in [-0.2, 0) is 4.74 Å². The Morgan fingerprint density at radius 1 is 1.35 bits per heavy atom. The van der Waals surface area contributed by atoms with Crippen molar-refractivity contribution in [2.75, 3.05) is 39.4 Å². The van der Waals surface area contributed by atoms with Crippen LogP contribution >= 0.6 is 11.6 Å². The highest BCUT2D eigenvalue weighted by Gasteiger charge is 2.13. The molecule has 0 radical (unpaired) electrons. The van der Waals surface area contributed by atoms with Gasteiger partial charge < -0.3 is 10.1 Å². The Morgan fingerprint density at radius 3 is 2.96 bits per heavy atom. The molecule has 1 aromatic carbocycles. The van der Waals surface area contributed by atoms with Crippen molar-refractivity contribution >= 4 is 17.5 Å². The van der Waals surface area contributed by atoms with Crippen LogP contribution < -0.4 is 5.32 Å². The van der Waals surface area contributed by atoms with Gasteiger partial charge in [0, 0.05) is 36.8 Å². The molecule has 0 saturated carbocycles. The van der Waals surface area contributed by atoms with Gasteiger partial charge in [0.1, 0.15) is 5.69 Å². The summed E-state index contributed by atoms with van der Waals surface area (Å²) in [6.07, 6.45) is 0. The van der Waals surface area contributed by atoms with Gasteiger partial charge in [0.05, 0.1) is 18.9 Å². The fourth-order valence-corrected chi connectivity index (χ4v) is 2.67. The van der Waals surface area contributed by atoms with Crippen molar-refractivity contribution in [3.63, 3.8) is 0 Å². The smallest absolute Gasteiger partial charge is 0.269 e. The first kappa shape index (κ1) is 16.0. The van der Waals surface area contributed by atoms with Crippen LogP contribution in [0.25, 0.3) is 11.3 Å². The molecule has 3 rings (SSSR count). The lowest BCUT2D eigenvalue weighted by molar-refractivity contribution is 0.0383. The van der Waals surface area contributed by atoms with E-state index in [4.69, 9.17) is 16.3 Å². The number of nitrogens with zero attached hydrogens (tertiary/aromatic N) is 2.